The molecule has 88 valence electrons. The zero-order valence-electron chi connectivity index (χ0n) is 9.81. The van der Waals surface area contributed by atoms with Gasteiger partial charge in [-0.05, 0) is 25.0 Å². The average molecular weight is 238 g/mol. The first-order valence-electron chi connectivity index (χ1n) is 5.58. The molecule has 0 bridgehead atoms. The first-order valence-corrected chi connectivity index (χ1v) is 6.81. The molecule has 0 radical (unpaired) electrons. The highest BCUT2D eigenvalue weighted by Gasteiger charge is 2.20. The first kappa shape index (κ1) is 11.5. The van der Waals surface area contributed by atoms with E-state index in [1.54, 1.807) is 0 Å². The Labute approximate surface area is 101 Å². The third kappa shape index (κ3) is 2.58. The van der Waals surface area contributed by atoms with Crippen LogP contribution in [0.3, 0.4) is 0 Å². The molecule has 5 heteroatoms. The van der Waals surface area contributed by atoms with Crippen molar-refractivity contribution in [3.8, 4) is 0 Å². The molecule has 0 unspecified atom stereocenters. The van der Waals surface area contributed by atoms with E-state index in [1.165, 1.54) is 31.0 Å². The molecule has 4 nitrogen and oxygen atoms in total. The molecule has 1 aliphatic rings. The van der Waals surface area contributed by atoms with Crippen molar-refractivity contribution in [2.24, 2.45) is 5.92 Å². The summed E-state index contributed by atoms with van der Waals surface area (Å²) in [5, 5.41) is 0.746. The molecule has 0 spiro atoms. The van der Waals surface area contributed by atoms with E-state index >= 15 is 0 Å². The minimum absolute atomic E-state index is 0.551. The minimum atomic E-state index is 0.551. The van der Waals surface area contributed by atoms with Crippen molar-refractivity contribution in [1.82, 2.24) is 9.97 Å². The van der Waals surface area contributed by atoms with Gasteiger partial charge >= 0.3 is 0 Å². The molecular formula is C11H18N4S. The molecule has 0 aliphatic heterocycles. The topological polar surface area (TPSA) is 55.0 Å². The van der Waals surface area contributed by atoms with Crippen LogP contribution in [0.15, 0.2) is 11.2 Å². The standard InChI is InChI=1S/C11H18N4S/c1-15(7-8-4-3-5-8)10-6-9(12)13-11(14-10)16-2/h6,8H,3-5,7H2,1-2H3,(H2,12,13,14). The van der Waals surface area contributed by atoms with E-state index in [2.05, 4.69) is 21.9 Å². The number of nitrogens with two attached hydrogens (primary N) is 1. The SMILES string of the molecule is CSc1nc(N)cc(N(C)CC2CCC2)n1. The van der Waals surface area contributed by atoms with Crippen LogP contribution in [0.2, 0.25) is 0 Å². The maximum absolute atomic E-state index is 5.76. The largest absolute Gasteiger partial charge is 0.383 e. The third-order valence-corrected chi connectivity index (χ3v) is 3.59. The van der Waals surface area contributed by atoms with Gasteiger partial charge in [0, 0.05) is 19.7 Å². The van der Waals surface area contributed by atoms with Crippen molar-refractivity contribution >= 4 is 23.4 Å². The number of nitrogens with zero attached hydrogens (tertiary/aromatic N) is 3. The van der Waals surface area contributed by atoms with E-state index in [9.17, 15) is 0 Å². The number of anilines is 2. The third-order valence-electron chi connectivity index (χ3n) is 3.04. The fourth-order valence-electron chi connectivity index (χ4n) is 1.87. The van der Waals surface area contributed by atoms with Crippen LogP contribution in [-0.2, 0) is 0 Å². The van der Waals surface area contributed by atoms with Gasteiger partial charge in [-0.25, -0.2) is 9.97 Å². The molecule has 1 saturated carbocycles. The Bertz CT molecular complexity index is 365. The average Bonchev–Trinajstić information content (AvgIpc) is 2.22. The normalized spacial score (nSPS) is 15.9. The molecule has 0 aromatic carbocycles. The zero-order valence-corrected chi connectivity index (χ0v) is 10.6. The van der Waals surface area contributed by atoms with Gasteiger partial charge < -0.3 is 10.6 Å². The number of nitrogen functional groups attached to an aromatic ring is 1. The Morgan fingerprint density at radius 1 is 1.50 bits per heavy atom. The van der Waals surface area contributed by atoms with Gasteiger partial charge in [-0.3, -0.25) is 0 Å². The number of thioether (sulfide) groups is 1. The highest BCUT2D eigenvalue weighted by molar-refractivity contribution is 7.98. The molecule has 1 aliphatic carbocycles. The Hall–Kier alpha value is -0.970. The summed E-state index contributed by atoms with van der Waals surface area (Å²) in [5.74, 6) is 2.32. The Morgan fingerprint density at radius 2 is 2.25 bits per heavy atom. The summed E-state index contributed by atoms with van der Waals surface area (Å²) in [6, 6.07) is 1.85. The maximum Gasteiger partial charge on any atom is 0.191 e. The van der Waals surface area contributed by atoms with Crippen molar-refractivity contribution in [2.45, 2.75) is 24.4 Å². The first-order chi connectivity index (χ1) is 7.69. The van der Waals surface area contributed by atoms with Crippen molar-refractivity contribution in [3.63, 3.8) is 0 Å². The second kappa shape index (κ2) is 4.91. The lowest BCUT2D eigenvalue weighted by Gasteiger charge is -2.30. The number of rotatable bonds is 4. The van der Waals surface area contributed by atoms with Gasteiger partial charge in [0.2, 0.25) is 0 Å². The molecule has 1 fully saturated rings. The van der Waals surface area contributed by atoms with Crippen molar-refractivity contribution in [1.29, 1.82) is 0 Å². The Morgan fingerprint density at radius 3 is 2.81 bits per heavy atom. The van der Waals surface area contributed by atoms with Gasteiger partial charge in [0.25, 0.3) is 0 Å². The van der Waals surface area contributed by atoms with Crippen LogP contribution in [-0.4, -0.2) is 29.8 Å². The van der Waals surface area contributed by atoms with E-state index in [1.807, 2.05) is 12.3 Å². The molecule has 0 saturated heterocycles. The van der Waals surface area contributed by atoms with Gasteiger partial charge in [-0.1, -0.05) is 18.2 Å². The fourth-order valence-corrected chi connectivity index (χ4v) is 2.25. The molecule has 1 aromatic heterocycles. The molecular weight excluding hydrogens is 220 g/mol. The molecule has 2 N–H and O–H groups in total. The van der Waals surface area contributed by atoms with Gasteiger partial charge in [-0.15, -0.1) is 0 Å². The van der Waals surface area contributed by atoms with E-state index in [-0.39, 0.29) is 0 Å². The number of aromatic nitrogens is 2. The highest BCUT2D eigenvalue weighted by atomic mass is 32.2. The summed E-state index contributed by atoms with van der Waals surface area (Å²) in [6.45, 7) is 1.07. The molecule has 1 heterocycles. The van der Waals surface area contributed by atoms with Crippen LogP contribution in [0.4, 0.5) is 11.6 Å². The van der Waals surface area contributed by atoms with Crippen LogP contribution in [0.5, 0.6) is 0 Å². The summed E-state index contributed by atoms with van der Waals surface area (Å²) >= 11 is 1.52. The molecule has 16 heavy (non-hydrogen) atoms. The summed E-state index contributed by atoms with van der Waals surface area (Å²) < 4.78 is 0. The molecule has 2 rings (SSSR count). The predicted molar refractivity (Wildman–Crippen MR) is 68.8 cm³/mol. The van der Waals surface area contributed by atoms with E-state index in [0.29, 0.717) is 5.82 Å². The summed E-state index contributed by atoms with van der Waals surface area (Å²) in [7, 11) is 2.07. The van der Waals surface area contributed by atoms with E-state index in [0.717, 1.165) is 23.4 Å². The van der Waals surface area contributed by atoms with Crippen molar-refractivity contribution in [3.05, 3.63) is 6.07 Å². The summed E-state index contributed by atoms with van der Waals surface area (Å²) in [4.78, 5) is 10.8. The minimum Gasteiger partial charge on any atom is -0.383 e. The lowest BCUT2D eigenvalue weighted by atomic mass is 9.85. The van der Waals surface area contributed by atoms with Crippen LogP contribution in [0.1, 0.15) is 19.3 Å². The van der Waals surface area contributed by atoms with Gasteiger partial charge in [0.05, 0.1) is 0 Å². The van der Waals surface area contributed by atoms with Crippen LogP contribution < -0.4 is 10.6 Å². The smallest absolute Gasteiger partial charge is 0.191 e. The zero-order chi connectivity index (χ0) is 11.5. The van der Waals surface area contributed by atoms with Gasteiger partial charge in [0.1, 0.15) is 11.6 Å². The number of hydrogen-bond acceptors (Lipinski definition) is 5. The summed E-state index contributed by atoms with van der Waals surface area (Å²) in [5.41, 5.74) is 5.76. The molecule has 0 atom stereocenters. The number of hydrogen-bond donors (Lipinski definition) is 1. The predicted octanol–water partition coefficient (Wildman–Crippen LogP) is 2.02. The van der Waals surface area contributed by atoms with E-state index in [4.69, 9.17) is 5.73 Å². The monoisotopic (exact) mass is 238 g/mol. The van der Waals surface area contributed by atoms with Gasteiger partial charge in [-0.2, -0.15) is 0 Å². The lowest BCUT2D eigenvalue weighted by Crippen LogP contribution is -2.30. The van der Waals surface area contributed by atoms with Crippen LogP contribution in [0.25, 0.3) is 0 Å². The summed E-state index contributed by atoms with van der Waals surface area (Å²) in [6.07, 6.45) is 6.03. The van der Waals surface area contributed by atoms with Crippen LogP contribution >= 0.6 is 11.8 Å². The second-order valence-electron chi connectivity index (χ2n) is 4.32. The Kier molecular flexibility index (Phi) is 3.53. The fraction of sp³-hybridized carbons (Fsp3) is 0.636. The molecule has 1 aromatic rings. The Balaban J connectivity index is 2.08. The van der Waals surface area contributed by atoms with Crippen molar-refractivity contribution in [2.75, 3.05) is 30.5 Å². The van der Waals surface area contributed by atoms with E-state index < -0.39 is 0 Å². The lowest BCUT2D eigenvalue weighted by molar-refractivity contribution is 0.321. The maximum atomic E-state index is 5.76. The second-order valence-corrected chi connectivity index (χ2v) is 5.09. The van der Waals surface area contributed by atoms with Crippen molar-refractivity contribution < 1.29 is 0 Å². The molecule has 0 amide bonds. The highest BCUT2D eigenvalue weighted by Crippen LogP contribution is 2.28. The van der Waals surface area contributed by atoms with Gasteiger partial charge in [0.15, 0.2) is 5.16 Å². The van der Waals surface area contributed by atoms with Crippen LogP contribution in [0, 0.1) is 5.92 Å². The quantitative estimate of drug-likeness (QED) is 0.642.